The van der Waals surface area contributed by atoms with Gasteiger partial charge in [0.25, 0.3) is 5.91 Å². The van der Waals surface area contributed by atoms with Gasteiger partial charge in [-0.05, 0) is 48.9 Å². The number of nitrogens with two attached hydrogens (primary N) is 1. The third-order valence-electron chi connectivity index (χ3n) is 8.36. The number of methoxy groups -OCH3 is 1. The van der Waals surface area contributed by atoms with E-state index in [0.29, 0.717) is 36.7 Å². The zero-order valence-electron chi connectivity index (χ0n) is 22.7. The lowest BCUT2D eigenvalue weighted by Crippen LogP contribution is -2.44. The van der Waals surface area contributed by atoms with Crippen molar-refractivity contribution in [3.63, 3.8) is 0 Å². The highest BCUT2D eigenvalue weighted by Gasteiger charge is 2.41. The number of ether oxygens (including phenoxy) is 1. The van der Waals surface area contributed by atoms with E-state index in [4.69, 9.17) is 15.3 Å². The Labute approximate surface area is 231 Å². The number of oxime groups is 1. The summed E-state index contributed by atoms with van der Waals surface area (Å²) in [5.74, 6) is 0.654. The Balaban J connectivity index is 1.14. The second-order valence-corrected chi connectivity index (χ2v) is 11.1. The highest BCUT2D eigenvalue weighted by Crippen LogP contribution is 2.41. The van der Waals surface area contributed by atoms with Crippen LogP contribution in [0.25, 0.3) is 22.0 Å². The van der Waals surface area contributed by atoms with Crippen molar-refractivity contribution < 1.29 is 18.8 Å². The number of likely N-dealkylation sites (tertiary alicyclic amines) is 1. The largest absolute Gasteiger partial charge is 0.376 e. The van der Waals surface area contributed by atoms with Gasteiger partial charge in [0.15, 0.2) is 11.9 Å². The van der Waals surface area contributed by atoms with Crippen molar-refractivity contribution in [3.05, 3.63) is 42.4 Å². The summed E-state index contributed by atoms with van der Waals surface area (Å²) in [6.45, 7) is 3.51. The lowest BCUT2D eigenvalue weighted by atomic mass is 10.0. The van der Waals surface area contributed by atoms with Crippen LogP contribution >= 0.6 is 0 Å². The number of carbonyl (C=O) groups excluding carboxylic acids is 1. The molecule has 212 valence electrons. The van der Waals surface area contributed by atoms with E-state index in [1.54, 1.807) is 24.2 Å². The molecule has 1 aromatic carbocycles. The summed E-state index contributed by atoms with van der Waals surface area (Å²) in [4.78, 5) is 19.9. The third kappa shape index (κ3) is 5.43. The molecule has 0 bridgehead atoms. The van der Waals surface area contributed by atoms with Gasteiger partial charge in [-0.15, -0.1) is 0 Å². The van der Waals surface area contributed by atoms with E-state index in [2.05, 4.69) is 37.6 Å². The smallest absolute Gasteiger partial charge is 0.269 e. The fourth-order valence-corrected chi connectivity index (χ4v) is 6.05. The number of nitrogens with zero attached hydrogens (tertiary/aromatic N) is 6. The number of rotatable bonds is 11. The Hall–Kier alpha value is -3.48. The van der Waals surface area contributed by atoms with Gasteiger partial charge in [0.1, 0.15) is 12.4 Å². The van der Waals surface area contributed by atoms with E-state index in [9.17, 15) is 9.18 Å². The molecule has 1 amide bonds. The number of primary amides is 1. The molecule has 1 saturated heterocycles. The number of aromatic nitrogens is 4. The van der Waals surface area contributed by atoms with E-state index in [-0.39, 0.29) is 24.5 Å². The van der Waals surface area contributed by atoms with Gasteiger partial charge in [0.2, 0.25) is 0 Å². The number of hydrogen-bond donors (Lipinski definition) is 2. The standard InChI is InChI=1S/C28H35FN8O3/c1-16-9-21(16)23-12-25(40-35-23)31-7-6-20-11-19(29)14-36(20)26(39-2)15-37-24-4-3-17(18-5-8-32-33-13-18)10-22(24)27(34-37)28(30)38/h3-5,8,10,13,16,19-21,25-26,31H,6-7,9,11-12,14-15H2,1-2H3,(H2,30,38). The van der Waals surface area contributed by atoms with Gasteiger partial charge >= 0.3 is 0 Å². The van der Waals surface area contributed by atoms with E-state index in [0.717, 1.165) is 35.2 Å². The average molecular weight is 551 g/mol. The molecule has 40 heavy (non-hydrogen) atoms. The molecule has 6 unspecified atom stereocenters. The molecule has 1 saturated carbocycles. The number of nitrogens with one attached hydrogen (secondary N) is 1. The maximum absolute atomic E-state index is 14.7. The minimum atomic E-state index is -0.941. The first-order valence-electron chi connectivity index (χ1n) is 13.9. The number of alkyl halides is 1. The fraction of sp³-hybridized carbons (Fsp3) is 0.536. The first-order valence-corrected chi connectivity index (χ1v) is 13.9. The van der Waals surface area contributed by atoms with Gasteiger partial charge < -0.3 is 15.3 Å². The minimum absolute atomic E-state index is 0.0130. The molecule has 2 aromatic heterocycles. The molecule has 3 N–H and O–H groups in total. The van der Waals surface area contributed by atoms with Crippen LogP contribution in [0.3, 0.4) is 0 Å². The Bertz CT molecular complexity index is 1400. The van der Waals surface area contributed by atoms with Crippen LogP contribution in [0.15, 0.2) is 41.8 Å². The van der Waals surface area contributed by atoms with Crippen LogP contribution in [-0.4, -0.2) is 81.4 Å². The van der Waals surface area contributed by atoms with Crippen molar-refractivity contribution in [1.82, 2.24) is 30.2 Å². The molecule has 3 aromatic rings. The predicted octanol–water partition coefficient (Wildman–Crippen LogP) is 2.72. The van der Waals surface area contributed by atoms with Gasteiger partial charge in [-0.2, -0.15) is 15.3 Å². The molecule has 2 aliphatic heterocycles. The summed E-state index contributed by atoms with van der Waals surface area (Å²) >= 11 is 0. The zero-order valence-corrected chi connectivity index (χ0v) is 22.7. The summed E-state index contributed by atoms with van der Waals surface area (Å²) in [5.41, 5.74) is 9.51. The molecule has 12 heteroatoms. The lowest BCUT2D eigenvalue weighted by Gasteiger charge is -2.32. The number of carbonyl (C=O) groups is 1. The van der Waals surface area contributed by atoms with Crippen molar-refractivity contribution in [2.24, 2.45) is 22.7 Å². The summed E-state index contributed by atoms with van der Waals surface area (Å²) in [5, 5.41) is 20.7. The van der Waals surface area contributed by atoms with Crippen molar-refractivity contribution in [1.29, 1.82) is 0 Å². The van der Waals surface area contributed by atoms with Crippen LogP contribution in [0.1, 0.15) is 43.1 Å². The third-order valence-corrected chi connectivity index (χ3v) is 8.36. The first-order chi connectivity index (χ1) is 19.4. The molecule has 6 atom stereocenters. The Morgan fingerprint density at radius 2 is 2.12 bits per heavy atom. The first kappa shape index (κ1) is 26.7. The number of benzene rings is 1. The minimum Gasteiger partial charge on any atom is -0.376 e. The van der Waals surface area contributed by atoms with Crippen LogP contribution in [0.2, 0.25) is 0 Å². The van der Waals surface area contributed by atoms with Crippen molar-refractivity contribution >= 4 is 22.5 Å². The van der Waals surface area contributed by atoms with Gasteiger partial charge in [-0.1, -0.05) is 18.1 Å². The molecule has 1 aliphatic carbocycles. The molecular formula is C28H35FN8O3. The maximum atomic E-state index is 14.7. The summed E-state index contributed by atoms with van der Waals surface area (Å²) in [6, 6.07) is 7.55. The molecule has 0 radical (unpaired) electrons. The van der Waals surface area contributed by atoms with Gasteiger partial charge in [0, 0.05) is 49.5 Å². The van der Waals surface area contributed by atoms with Gasteiger partial charge in [-0.25, -0.2) is 4.39 Å². The highest BCUT2D eigenvalue weighted by molar-refractivity contribution is 6.05. The number of amides is 1. The van der Waals surface area contributed by atoms with E-state index >= 15 is 0 Å². The van der Waals surface area contributed by atoms with Crippen molar-refractivity contribution in [2.75, 3.05) is 20.2 Å². The second kappa shape index (κ2) is 11.2. The Morgan fingerprint density at radius 1 is 1.27 bits per heavy atom. The van der Waals surface area contributed by atoms with Crippen molar-refractivity contribution in [3.8, 4) is 11.1 Å². The van der Waals surface area contributed by atoms with Gasteiger partial charge in [-0.3, -0.25) is 19.7 Å². The normalized spacial score (nSPS) is 27.1. The molecule has 11 nitrogen and oxygen atoms in total. The van der Waals surface area contributed by atoms with Gasteiger partial charge in [0.05, 0.1) is 30.2 Å². The second-order valence-electron chi connectivity index (χ2n) is 11.1. The molecule has 2 fully saturated rings. The Kier molecular flexibility index (Phi) is 7.47. The highest BCUT2D eigenvalue weighted by atomic mass is 19.1. The summed E-state index contributed by atoms with van der Waals surface area (Å²) < 4.78 is 22.3. The SMILES string of the molecule is COC(Cn1nc(C(N)=O)c2cc(-c3ccnnc3)ccc21)N1CC(F)CC1CCNC1CC(C2CC2C)=NO1. The fourth-order valence-electron chi connectivity index (χ4n) is 6.05. The molecular weight excluding hydrogens is 515 g/mol. The number of hydrogen-bond acceptors (Lipinski definition) is 9. The lowest BCUT2D eigenvalue weighted by molar-refractivity contribution is -0.0543. The van der Waals surface area contributed by atoms with Crippen LogP contribution in [0.5, 0.6) is 0 Å². The summed E-state index contributed by atoms with van der Waals surface area (Å²) in [6.07, 6.45) is 4.95. The van der Waals surface area contributed by atoms with E-state index < -0.39 is 18.3 Å². The molecule has 3 aliphatic rings. The number of fused-ring (bicyclic) bond motifs is 1. The predicted molar refractivity (Wildman–Crippen MR) is 147 cm³/mol. The zero-order chi connectivity index (χ0) is 27.8. The van der Waals surface area contributed by atoms with E-state index in [1.165, 1.54) is 6.42 Å². The molecule has 4 heterocycles. The monoisotopic (exact) mass is 550 g/mol. The van der Waals surface area contributed by atoms with Crippen LogP contribution < -0.4 is 11.1 Å². The van der Waals surface area contributed by atoms with Crippen LogP contribution in [-0.2, 0) is 16.1 Å². The van der Waals surface area contributed by atoms with Crippen LogP contribution in [0, 0.1) is 11.8 Å². The average Bonchev–Trinajstić information content (AvgIpc) is 3.27. The van der Waals surface area contributed by atoms with E-state index in [1.807, 2.05) is 24.3 Å². The Morgan fingerprint density at radius 3 is 2.85 bits per heavy atom. The maximum Gasteiger partial charge on any atom is 0.269 e. The molecule has 6 rings (SSSR count). The number of halogens is 1. The quantitative estimate of drug-likeness (QED) is 0.372. The topological polar surface area (TPSA) is 133 Å². The summed E-state index contributed by atoms with van der Waals surface area (Å²) in [7, 11) is 1.62. The molecule has 0 spiro atoms. The van der Waals surface area contributed by atoms with Crippen LogP contribution in [0.4, 0.5) is 4.39 Å². The van der Waals surface area contributed by atoms with Crippen molar-refractivity contribution in [2.45, 2.75) is 63.8 Å².